The lowest BCUT2D eigenvalue weighted by Gasteiger charge is -2.33. The van der Waals surface area contributed by atoms with E-state index in [4.69, 9.17) is 0 Å². The first-order chi connectivity index (χ1) is 9.22. The van der Waals surface area contributed by atoms with E-state index in [1.807, 2.05) is 0 Å². The van der Waals surface area contributed by atoms with Gasteiger partial charge in [-0.3, -0.25) is 0 Å². The minimum atomic E-state index is 0.427. The predicted octanol–water partition coefficient (Wildman–Crippen LogP) is 6.17. The largest absolute Gasteiger partial charge is 0.0602 e. The summed E-state index contributed by atoms with van der Waals surface area (Å²) in [5.41, 5.74) is 10.0. The van der Waals surface area contributed by atoms with Crippen LogP contribution < -0.4 is 0 Å². The molecule has 0 amide bonds. The Kier molecular flexibility index (Phi) is 4.33. The van der Waals surface area contributed by atoms with Gasteiger partial charge >= 0.3 is 0 Å². The molecule has 0 heteroatoms. The lowest BCUT2D eigenvalue weighted by atomic mass is 9.72. The summed E-state index contributed by atoms with van der Waals surface area (Å²) in [6, 6.07) is 0. The van der Waals surface area contributed by atoms with Crippen LogP contribution in [0, 0.1) is 33.1 Å². The van der Waals surface area contributed by atoms with Gasteiger partial charge in [0.1, 0.15) is 0 Å². The third kappa shape index (κ3) is 2.95. The van der Waals surface area contributed by atoms with Crippen LogP contribution in [-0.2, 0) is 6.42 Å². The minimum Gasteiger partial charge on any atom is -0.0602 e. The molecule has 0 unspecified atom stereocenters. The first-order valence-electron chi connectivity index (χ1n) is 8.31. The Balaban J connectivity index is 2.46. The van der Waals surface area contributed by atoms with Gasteiger partial charge in [-0.1, -0.05) is 27.2 Å². The normalized spacial score (nSPS) is 16.4. The van der Waals surface area contributed by atoms with Crippen molar-refractivity contribution in [3.8, 4) is 0 Å². The van der Waals surface area contributed by atoms with Gasteiger partial charge in [-0.2, -0.15) is 0 Å². The highest BCUT2D eigenvalue weighted by Crippen LogP contribution is 2.43. The van der Waals surface area contributed by atoms with Crippen molar-refractivity contribution < 1.29 is 0 Å². The van der Waals surface area contributed by atoms with Crippen molar-refractivity contribution in [3.05, 3.63) is 33.4 Å². The minimum absolute atomic E-state index is 0.427. The molecule has 1 aromatic rings. The second-order valence-electron chi connectivity index (χ2n) is 8.08. The average Bonchev–Trinajstić information content (AvgIpc) is 2.29. The topological polar surface area (TPSA) is 0 Å². The van der Waals surface area contributed by atoms with Gasteiger partial charge in [0.05, 0.1) is 0 Å². The fourth-order valence-electron chi connectivity index (χ4n) is 3.49. The van der Waals surface area contributed by atoms with Gasteiger partial charge in [-0.15, -0.1) is 0 Å². The van der Waals surface area contributed by atoms with E-state index in [9.17, 15) is 0 Å². The van der Waals surface area contributed by atoms with Crippen molar-refractivity contribution in [2.45, 2.75) is 86.5 Å². The summed E-state index contributed by atoms with van der Waals surface area (Å²) < 4.78 is 0. The Bertz CT molecular complexity index is 496. The van der Waals surface area contributed by atoms with Crippen molar-refractivity contribution in [3.63, 3.8) is 0 Å². The van der Waals surface area contributed by atoms with Gasteiger partial charge in [-0.25, -0.2) is 0 Å². The molecule has 0 heterocycles. The maximum absolute atomic E-state index is 2.36. The van der Waals surface area contributed by atoms with Crippen LogP contribution in [0.3, 0.4) is 0 Å². The molecular formula is C20H32. The molecule has 1 saturated carbocycles. The van der Waals surface area contributed by atoms with E-state index in [2.05, 4.69) is 48.5 Å². The highest BCUT2D eigenvalue weighted by atomic mass is 14.3. The third-order valence-electron chi connectivity index (χ3n) is 5.51. The third-order valence-corrected chi connectivity index (χ3v) is 5.51. The van der Waals surface area contributed by atoms with Gasteiger partial charge in [0.2, 0.25) is 0 Å². The first kappa shape index (κ1) is 15.6. The second-order valence-corrected chi connectivity index (χ2v) is 8.08. The van der Waals surface area contributed by atoms with Crippen LogP contribution in [0.5, 0.6) is 0 Å². The Hall–Kier alpha value is -0.780. The molecule has 1 aliphatic rings. The van der Waals surface area contributed by atoms with Crippen LogP contribution in [0.15, 0.2) is 0 Å². The standard InChI is InChI=1S/C20H32/c1-13-14(2)16(4)19(17-9-8-10-17)18(15(13)3)11-12-20(5,6)7/h17H,8-12H2,1-7H3. The summed E-state index contributed by atoms with van der Waals surface area (Å²) >= 11 is 0. The highest BCUT2D eigenvalue weighted by molar-refractivity contribution is 5.52. The van der Waals surface area contributed by atoms with Gasteiger partial charge in [-0.05, 0) is 98.1 Å². The second kappa shape index (κ2) is 5.54. The molecule has 0 atom stereocenters. The van der Waals surface area contributed by atoms with E-state index >= 15 is 0 Å². The number of hydrogen-bond acceptors (Lipinski definition) is 0. The molecule has 0 bridgehead atoms. The van der Waals surface area contributed by atoms with Crippen LogP contribution in [0.25, 0.3) is 0 Å². The molecule has 0 aromatic heterocycles. The summed E-state index contributed by atoms with van der Waals surface area (Å²) in [7, 11) is 0. The maximum atomic E-state index is 2.36. The molecule has 112 valence electrons. The lowest BCUT2D eigenvalue weighted by molar-refractivity contribution is 0.373. The van der Waals surface area contributed by atoms with Crippen LogP contribution in [0.1, 0.15) is 85.8 Å². The van der Waals surface area contributed by atoms with Crippen LogP contribution in [0.4, 0.5) is 0 Å². The summed E-state index contributed by atoms with van der Waals surface area (Å²) in [6.07, 6.45) is 6.78. The zero-order valence-corrected chi connectivity index (χ0v) is 14.6. The summed E-state index contributed by atoms with van der Waals surface area (Å²) in [4.78, 5) is 0. The van der Waals surface area contributed by atoms with Gasteiger partial charge < -0.3 is 0 Å². The van der Waals surface area contributed by atoms with Gasteiger partial charge in [0.25, 0.3) is 0 Å². The lowest BCUT2D eigenvalue weighted by Crippen LogP contribution is -2.17. The Morgan fingerprint density at radius 2 is 1.40 bits per heavy atom. The molecule has 0 saturated heterocycles. The monoisotopic (exact) mass is 272 g/mol. The molecule has 0 radical (unpaired) electrons. The molecule has 20 heavy (non-hydrogen) atoms. The first-order valence-corrected chi connectivity index (χ1v) is 8.31. The van der Waals surface area contributed by atoms with E-state index in [0.29, 0.717) is 5.41 Å². The van der Waals surface area contributed by atoms with E-state index in [1.165, 1.54) is 43.2 Å². The fraction of sp³-hybridized carbons (Fsp3) is 0.700. The Labute approximate surface area is 126 Å². The van der Waals surface area contributed by atoms with E-state index in [1.54, 1.807) is 22.3 Å². The SMILES string of the molecule is Cc1c(C)c(C)c(C2CCC2)c(CCC(C)(C)C)c1C. The van der Waals surface area contributed by atoms with E-state index in [0.717, 1.165) is 5.92 Å². The highest BCUT2D eigenvalue weighted by Gasteiger charge is 2.27. The Morgan fingerprint density at radius 1 is 0.850 bits per heavy atom. The van der Waals surface area contributed by atoms with E-state index < -0.39 is 0 Å². The molecule has 1 aliphatic carbocycles. The van der Waals surface area contributed by atoms with Crippen molar-refractivity contribution in [2.75, 3.05) is 0 Å². The number of benzene rings is 1. The smallest absolute Gasteiger partial charge is 0.0156 e. The van der Waals surface area contributed by atoms with Crippen molar-refractivity contribution in [1.29, 1.82) is 0 Å². The summed E-state index contributed by atoms with van der Waals surface area (Å²) in [6.45, 7) is 16.4. The number of rotatable bonds is 3. The van der Waals surface area contributed by atoms with Gasteiger partial charge in [0, 0.05) is 0 Å². The van der Waals surface area contributed by atoms with E-state index in [-0.39, 0.29) is 0 Å². The van der Waals surface area contributed by atoms with Crippen molar-refractivity contribution in [1.82, 2.24) is 0 Å². The zero-order valence-electron chi connectivity index (χ0n) is 14.6. The molecule has 0 nitrogen and oxygen atoms in total. The zero-order chi connectivity index (χ0) is 15.1. The molecule has 0 N–H and O–H groups in total. The maximum Gasteiger partial charge on any atom is -0.0156 e. The van der Waals surface area contributed by atoms with Crippen LogP contribution >= 0.6 is 0 Å². The summed E-state index contributed by atoms with van der Waals surface area (Å²) in [5.74, 6) is 0.850. The van der Waals surface area contributed by atoms with Gasteiger partial charge in [0.15, 0.2) is 0 Å². The molecule has 2 rings (SSSR count). The molecular weight excluding hydrogens is 240 g/mol. The molecule has 0 aliphatic heterocycles. The summed E-state index contributed by atoms with van der Waals surface area (Å²) in [5, 5.41) is 0. The molecule has 0 spiro atoms. The Morgan fingerprint density at radius 3 is 1.85 bits per heavy atom. The predicted molar refractivity (Wildman–Crippen MR) is 89.8 cm³/mol. The quantitative estimate of drug-likeness (QED) is 0.617. The average molecular weight is 272 g/mol. The van der Waals surface area contributed by atoms with Crippen molar-refractivity contribution in [2.24, 2.45) is 5.41 Å². The fourth-order valence-corrected chi connectivity index (χ4v) is 3.49. The molecule has 1 fully saturated rings. The molecule has 1 aromatic carbocycles. The number of hydrogen-bond donors (Lipinski definition) is 0. The van der Waals surface area contributed by atoms with Crippen LogP contribution in [-0.4, -0.2) is 0 Å². The van der Waals surface area contributed by atoms with Crippen molar-refractivity contribution >= 4 is 0 Å². The van der Waals surface area contributed by atoms with Crippen LogP contribution in [0.2, 0.25) is 0 Å².